The van der Waals surface area contributed by atoms with Crippen molar-refractivity contribution in [2.45, 2.75) is 103 Å². The number of aromatic nitrogens is 3. The second-order valence-corrected chi connectivity index (χ2v) is 18.6. The van der Waals surface area contributed by atoms with E-state index in [-0.39, 0.29) is 11.2 Å². The van der Waals surface area contributed by atoms with Crippen LogP contribution >= 0.6 is 0 Å². The lowest BCUT2D eigenvalue weighted by Gasteiger charge is -2.31. The highest BCUT2D eigenvalue weighted by Gasteiger charge is 2.37. The minimum atomic E-state index is -1.18. The number of fused-ring (bicyclic) bond motifs is 1. The summed E-state index contributed by atoms with van der Waals surface area (Å²) in [5.41, 5.74) is 4.71. The number of hydrogen-bond donors (Lipinski definition) is 1. The molecule has 2 aromatic heterocycles. The molecule has 5 rings (SSSR count). The van der Waals surface area contributed by atoms with E-state index in [1.807, 2.05) is 17.0 Å². The van der Waals surface area contributed by atoms with Crippen LogP contribution in [0.3, 0.4) is 0 Å². The minimum Gasteiger partial charge on any atom is -0.382 e. The van der Waals surface area contributed by atoms with Gasteiger partial charge in [0.25, 0.3) is 0 Å². The molecule has 0 radical (unpaired) electrons. The van der Waals surface area contributed by atoms with Crippen molar-refractivity contribution < 1.29 is 9.53 Å². The Morgan fingerprint density at radius 1 is 1.13 bits per heavy atom. The maximum Gasteiger partial charge on any atom is 0.172 e. The van der Waals surface area contributed by atoms with Crippen molar-refractivity contribution in [3.8, 4) is 11.3 Å². The summed E-state index contributed by atoms with van der Waals surface area (Å²) in [5.74, 6) is 0.200. The fourth-order valence-corrected chi connectivity index (χ4v) is 6.71. The van der Waals surface area contributed by atoms with Gasteiger partial charge in [0.15, 0.2) is 11.4 Å². The third-order valence-corrected chi connectivity index (χ3v) is 10.1. The topological polar surface area (TPSA) is 69.0 Å². The third-order valence-electron chi connectivity index (χ3n) is 8.43. The Hall–Kier alpha value is -2.51. The predicted molar refractivity (Wildman–Crippen MR) is 158 cm³/mol. The number of nitrogens with zero attached hydrogens (tertiary/aromatic N) is 3. The van der Waals surface area contributed by atoms with Gasteiger partial charge in [0.1, 0.15) is 12.2 Å². The number of ketones is 1. The number of carbonyl (C=O) groups excluding carboxylic acids is 1. The minimum absolute atomic E-state index is 0.200. The molecule has 0 aliphatic heterocycles. The van der Waals surface area contributed by atoms with Crippen LogP contribution in [-0.2, 0) is 11.5 Å². The first-order valence-corrected chi connectivity index (χ1v) is 18.3. The molecule has 1 aromatic carbocycles. The van der Waals surface area contributed by atoms with Gasteiger partial charge in [0, 0.05) is 43.6 Å². The van der Waals surface area contributed by atoms with Gasteiger partial charge in [-0.3, -0.25) is 4.79 Å². The number of nitrogens with one attached hydrogen (secondary N) is 1. The van der Waals surface area contributed by atoms with Crippen molar-refractivity contribution >= 4 is 30.7 Å². The predicted octanol–water partition coefficient (Wildman–Crippen LogP) is 7.92. The molecule has 7 heteroatoms. The zero-order chi connectivity index (χ0) is 26.8. The van der Waals surface area contributed by atoms with E-state index in [1.165, 1.54) is 32.1 Å². The molecule has 0 amide bonds. The summed E-state index contributed by atoms with van der Waals surface area (Å²) in [4.78, 5) is 23.9. The molecular weight excluding hydrogens is 488 g/mol. The smallest absolute Gasteiger partial charge is 0.172 e. The van der Waals surface area contributed by atoms with Gasteiger partial charge in [-0.15, -0.1) is 0 Å². The highest BCUT2D eigenvalue weighted by Crippen LogP contribution is 2.40. The van der Waals surface area contributed by atoms with Crippen molar-refractivity contribution in [3.05, 3.63) is 42.2 Å². The van der Waals surface area contributed by atoms with Gasteiger partial charge in [0.05, 0.1) is 17.5 Å². The molecule has 2 fully saturated rings. The molecule has 2 aliphatic rings. The summed E-state index contributed by atoms with van der Waals surface area (Å²) < 4.78 is 8.05. The second kappa shape index (κ2) is 11.3. The van der Waals surface area contributed by atoms with Gasteiger partial charge in [-0.05, 0) is 43.9 Å². The lowest BCUT2D eigenvalue weighted by Crippen LogP contribution is -2.30. The molecule has 2 saturated carbocycles. The van der Waals surface area contributed by atoms with Crippen molar-refractivity contribution in [2.75, 3.05) is 11.9 Å². The number of benzene rings is 1. The van der Waals surface area contributed by atoms with E-state index in [1.54, 1.807) is 0 Å². The molecule has 0 spiro atoms. The quantitative estimate of drug-likeness (QED) is 0.163. The monoisotopic (exact) mass is 532 g/mol. The molecule has 2 heterocycles. The number of carbonyl (C=O) groups is 1. The Morgan fingerprint density at radius 3 is 2.63 bits per heavy atom. The first-order valence-electron chi connectivity index (χ1n) is 14.6. The van der Waals surface area contributed by atoms with Gasteiger partial charge in [0.2, 0.25) is 0 Å². The maximum atomic E-state index is 14.0. The van der Waals surface area contributed by atoms with E-state index in [0.717, 1.165) is 60.9 Å². The molecule has 0 atom stereocenters. The zero-order valence-electron chi connectivity index (χ0n) is 23.7. The molecule has 0 saturated heterocycles. The Balaban J connectivity index is 1.47. The summed E-state index contributed by atoms with van der Waals surface area (Å²) in [7, 11) is -1.18. The van der Waals surface area contributed by atoms with Crippen molar-refractivity contribution in [1.82, 2.24) is 14.5 Å². The highest BCUT2D eigenvalue weighted by molar-refractivity contribution is 6.76. The van der Waals surface area contributed by atoms with Crippen LogP contribution in [0.5, 0.6) is 0 Å². The van der Waals surface area contributed by atoms with Gasteiger partial charge < -0.3 is 14.6 Å². The summed E-state index contributed by atoms with van der Waals surface area (Å²) in [5, 5.41) is 3.69. The average Bonchev–Trinajstić information content (AvgIpc) is 3.54. The Labute approximate surface area is 228 Å². The molecule has 6 nitrogen and oxygen atoms in total. The molecule has 1 N–H and O–H groups in total. The van der Waals surface area contributed by atoms with Crippen LogP contribution in [0.2, 0.25) is 25.7 Å². The average molecular weight is 533 g/mol. The van der Waals surface area contributed by atoms with E-state index in [2.05, 4.69) is 56.1 Å². The van der Waals surface area contributed by atoms with Crippen LogP contribution in [0.15, 0.2) is 36.7 Å². The lowest BCUT2D eigenvalue weighted by molar-refractivity contribution is 0.0747. The number of anilines is 1. The number of rotatable bonds is 10. The molecule has 0 bridgehead atoms. The molecule has 38 heavy (non-hydrogen) atoms. The molecular formula is C31H44N4O2Si. The fourth-order valence-electron chi connectivity index (χ4n) is 5.96. The first kappa shape index (κ1) is 27.1. The molecule has 2 aliphatic carbocycles. The van der Waals surface area contributed by atoms with E-state index in [0.29, 0.717) is 23.9 Å². The fraction of sp³-hybridized carbons (Fsp3) is 0.581. The number of hydrogen-bond acceptors (Lipinski definition) is 5. The van der Waals surface area contributed by atoms with E-state index in [4.69, 9.17) is 14.7 Å². The molecule has 0 unspecified atom stereocenters. The van der Waals surface area contributed by atoms with Crippen LogP contribution in [0, 0.1) is 5.41 Å². The second-order valence-electron chi connectivity index (χ2n) is 12.9. The standard InChI is InChI=1S/C31H44N4O2Si/c1-31(15-8-5-9-16-31)29(36)26-21-35(22-37-17-18-38(2,3)4)30-28(26)34-27(20-32-30)23-11-10-14-25(19-23)33-24-12-6-7-13-24/h10-11,14,19-21,24,33H,5-9,12-13,15-18,22H2,1-4H3. The summed E-state index contributed by atoms with van der Waals surface area (Å²) in [6, 6.07) is 10.1. The van der Waals surface area contributed by atoms with Crippen LogP contribution in [-0.4, -0.2) is 41.0 Å². The van der Waals surface area contributed by atoms with Gasteiger partial charge in [-0.1, -0.05) is 70.8 Å². The van der Waals surface area contributed by atoms with Crippen LogP contribution < -0.4 is 5.32 Å². The van der Waals surface area contributed by atoms with Crippen molar-refractivity contribution in [1.29, 1.82) is 0 Å². The van der Waals surface area contributed by atoms with Crippen molar-refractivity contribution in [2.24, 2.45) is 5.41 Å². The lowest BCUT2D eigenvalue weighted by atomic mass is 9.71. The van der Waals surface area contributed by atoms with Gasteiger partial charge in [-0.2, -0.15) is 0 Å². The Kier molecular flexibility index (Phi) is 8.05. The van der Waals surface area contributed by atoms with Crippen molar-refractivity contribution in [3.63, 3.8) is 0 Å². The first-order chi connectivity index (χ1) is 18.2. The summed E-state index contributed by atoms with van der Waals surface area (Å²) in [6.45, 7) is 10.3. The van der Waals surface area contributed by atoms with Gasteiger partial charge in [-0.25, -0.2) is 9.97 Å². The maximum absolute atomic E-state index is 14.0. The Morgan fingerprint density at radius 2 is 1.89 bits per heavy atom. The zero-order valence-corrected chi connectivity index (χ0v) is 24.7. The third kappa shape index (κ3) is 6.20. The largest absolute Gasteiger partial charge is 0.382 e. The Bertz CT molecular complexity index is 1270. The molecule has 3 aromatic rings. The number of ether oxygens (including phenoxy) is 1. The van der Waals surface area contributed by atoms with Crippen LogP contribution in [0.25, 0.3) is 22.4 Å². The SMILES string of the molecule is CC1(C(=O)c2cn(COCC[Si](C)(C)C)c3ncc(-c4cccc(NC5CCCC5)c4)nc23)CCCCC1. The highest BCUT2D eigenvalue weighted by atomic mass is 28.3. The van der Waals surface area contributed by atoms with Crippen LogP contribution in [0.1, 0.15) is 75.1 Å². The van der Waals surface area contributed by atoms with E-state index < -0.39 is 8.07 Å². The van der Waals surface area contributed by atoms with E-state index in [9.17, 15) is 4.79 Å². The van der Waals surface area contributed by atoms with Gasteiger partial charge >= 0.3 is 0 Å². The molecule has 204 valence electrons. The van der Waals surface area contributed by atoms with Crippen LogP contribution in [0.4, 0.5) is 5.69 Å². The summed E-state index contributed by atoms with van der Waals surface area (Å²) in [6.07, 6.45) is 14.2. The van der Waals surface area contributed by atoms with E-state index >= 15 is 0 Å². The number of Topliss-reactive ketones (excluding diaryl/α,β-unsaturated/α-hetero) is 1. The normalized spacial score (nSPS) is 18.2. The summed E-state index contributed by atoms with van der Waals surface area (Å²) >= 11 is 0.